The van der Waals surface area contributed by atoms with Crippen LogP contribution >= 0.6 is 0 Å². The molecule has 1 aromatic carbocycles. The summed E-state index contributed by atoms with van der Waals surface area (Å²) in [6.07, 6.45) is 7.79. The first-order valence-corrected chi connectivity index (χ1v) is 10.7. The molecule has 1 aromatic heterocycles. The van der Waals surface area contributed by atoms with Crippen LogP contribution in [-0.2, 0) is 16.0 Å². The third kappa shape index (κ3) is 6.45. The molecule has 0 atom stereocenters. The van der Waals surface area contributed by atoms with E-state index in [1.165, 1.54) is 32.1 Å². The number of nitrogens with zero attached hydrogens (tertiary/aromatic N) is 3. The van der Waals surface area contributed by atoms with Gasteiger partial charge >= 0.3 is 0 Å². The molecule has 3 rings (SSSR count). The SMILES string of the molecule is N#CCCN(C(=O)CCC(=O)Nc1cc(CC2CCCCC2)[nH]n1)c1ccccc1. The summed E-state index contributed by atoms with van der Waals surface area (Å²) in [5, 5.41) is 18.8. The van der Waals surface area contributed by atoms with Gasteiger partial charge in [-0.05, 0) is 24.5 Å². The molecule has 0 unspecified atom stereocenters. The summed E-state index contributed by atoms with van der Waals surface area (Å²) < 4.78 is 0. The molecule has 158 valence electrons. The minimum Gasteiger partial charge on any atom is -0.311 e. The highest BCUT2D eigenvalue weighted by Gasteiger charge is 2.18. The Bertz CT molecular complexity index is 865. The molecule has 1 aliphatic carbocycles. The van der Waals surface area contributed by atoms with Gasteiger partial charge in [0, 0.05) is 36.8 Å². The van der Waals surface area contributed by atoms with Crippen LogP contribution in [0.5, 0.6) is 0 Å². The molecule has 1 heterocycles. The van der Waals surface area contributed by atoms with E-state index in [1.54, 1.807) is 4.90 Å². The van der Waals surface area contributed by atoms with Gasteiger partial charge in [0.2, 0.25) is 11.8 Å². The number of hydrogen-bond acceptors (Lipinski definition) is 4. The van der Waals surface area contributed by atoms with Crippen LogP contribution in [0.4, 0.5) is 11.5 Å². The topological polar surface area (TPSA) is 102 Å². The van der Waals surface area contributed by atoms with Gasteiger partial charge in [0.15, 0.2) is 5.82 Å². The number of nitrogens with one attached hydrogen (secondary N) is 2. The van der Waals surface area contributed by atoms with Crippen LogP contribution in [0.25, 0.3) is 0 Å². The summed E-state index contributed by atoms with van der Waals surface area (Å²) in [7, 11) is 0. The van der Waals surface area contributed by atoms with Crippen LogP contribution in [-0.4, -0.2) is 28.6 Å². The fraction of sp³-hybridized carbons (Fsp3) is 0.478. The van der Waals surface area contributed by atoms with Crippen LogP contribution in [0.15, 0.2) is 36.4 Å². The zero-order valence-corrected chi connectivity index (χ0v) is 17.3. The van der Waals surface area contributed by atoms with Crippen molar-refractivity contribution >= 4 is 23.3 Å². The summed E-state index contributed by atoms with van der Waals surface area (Å²) in [6, 6.07) is 13.2. The van der Waals surface area contributed by atoms with Gasteiger partial charge in [-0.1, -0.05) is 50.3 Å². The zero-order valence-electron chi connectivity index (χ0n) is 17.3. The van der Waals surface area contributed by atoms with Crippen LogP contribution in [0.3, 0.4) is 0 Å². The number of carbonyl (C=O) groups excluding carboxylic acids is 2. The van der Waals surface area contributed by atoms with Crippen molar-refractivity contribution in [3.63, 3.8) is 0 Å². The number of hydrogen-bond donors (Lipinski definition) is 2. The van der Waals surface area contributed by atoms with Crippen molar-refractivity contribution in [1.29, 1.82) is 5.26 Å². The number of benzene rings is 1. The Labute approximate surface area is 177 Å². The molecule has 30 heavy (non-hydrogen) atoms. The first-order valence-electron chi connectivity index (χ1n) is 10.7. The van der Waals surface area contributed by atoms with Gasteiger partial charge in [0.25, 0.3) is 0 Å². The van der Waals surface area contributed by atoms with Gasteiger partial charge in [0.05, 0.1) is 12.5 Å². The minimum absolute atomic E-state index is 0.0690. The van der Waals surface area contributed by atoms with Crippen LogP contribution in [0.1, 0.15) is 57.1 Å². The standard InChI is InChI=1S/C23H29N5O2/c24-14-7-15-28(20-10-5-2-6-11-20)23(30)13-12-22(29)25-21-17-19(26-27-21)16-18-8-3-1-4-9-18/h2,5-6,10-11,17-18H,1,3-4,7-9,12-13,15-16H2,(H2,25,26,27,29). The Morgan fingerprint density at radius 1 is 1.17 bits per heavy atom. The molecule has 0 spiro atoms. The molecule has 0 saturated heterocycles. The lowest BCUT2D eigenvalue weighted by Crippen LogP contribution is -2.32. The molecule has 2 amide bonds. The van der Waals surface area contributed by atoms with Gasteiger partial charge in [-0.2, -0.15) is 10.4 Å². The second kappa shape index (κ2) is 11.1. The van der Waals surface area contributed by atoms with Crippen molar-refractivity contribution in [2.75, 3.05) is 16.8 Å². The van der Waals surface area contributed by atoms with E-state index in [-0.39, 0.29) is 31.1 Å². The summed E-state index contributed by atoms with van der Waals surface area (Å²) in [5.74, 6) is 0.777. The predicted molar refractivity (Wildman–Crippen MR) is 116 cm³/mol. The lowest BCUT2D eigenvalue weighted by Gasteiger charge is -2.21. The number of aromatic nitrogens is 2. The maximum Gasteiger partial charge on any atom is 0.227 e. The Hall–Kier alpha value is -3.14. The first-order chi connectivity index (χ1) is 14.7. The van der Waals surface area contributed by atoms with Crippen molar-refractivity contribution in [2.45, 2.75) is 57.8 Å². The van der Waals surface area contributed by atoms with Crippen LogP contribution in [0.2, 0.25) is 0 Å². The number of anilines is 2. The molecule has 7 heteroatoms. The van der Waals surface area contributed by atoms with Crippen molar-refractivity contribution in [3.8, 4) is 6.07 Å². The number of aromatic amines is 1. The van der Waals surface area contributed by atoms with Gasteiger partial charge in [-0.3, -0.25) is 14.7 Å². The third-order valence-electron chi connectivity index (χ3n) is 5.51. The first kappa shape index (κ1) is 21.6. The molecule has 1 aliphatic rings. The van der Waals surface area contributed by atoms with E-state index in [0.717, 1.165) is 17.8 Å². The molecule has 7 nitrogen and oxygen atoms in total. The van der Waals surface area contributed by atoms with Gasteiger partial charge in [0.1, 0.15) is 0 Å². The smallest absolute Gasteiger partial charge is 0.227 e. The highest BCUT2D eigenvalue weighted by molar-refractivity contribution is 5.97. The number of para-hydroxylation sites is 1. The van der Waals surface area contributed by atoms with Crippen molar-refractivity contribution in [3.05, 3.63) is 42.1 Å². The Morgan fingerprint density at radius 3 is 2.67 bits per heavy atom. The Morgan fingerprint density at radius 2 is 1.93 bits per heavy atom. The third-order valence-corrected chi connectivity index (χ3v) is 5.51. The van der Waals surface area contributed by atoms with E-state index in [9.17, 15) is 9.59 Å². The van der Waals surface area contributed by atoms with Crippen molar-refractivity contribution < 1.29 is 9.59 Å². The second-order valence-electron chi connectivity index (χ2n) is 7.82. The average Bonchev–Trinajstić information content (AvgIpc) is 3.20. The van der Waals surface area contributed by atoms with E-state index in [2.05, 4.69) is 21.6 Å². The van der Waals surface area contributed by atoms with Crippen molar-refractivity contribution in [1.82, 2.24) is 10.2 Å². The highest BCUT2D eigenvalue weighted by atomic mass is 16.2. The normalized spacial score (nSPS) is 14.1. The van der Waals surface area contributed by atoms with Gasteiger partial charge < -0.3 is 10.2 Å². The maximum atomic E-state index is 12.6. The molecule has 1 saturated carbocycles. The number of nitriles is 1. The quantitative estimate of drug-likeness (QED) is 0.650. The number of amides is 2. The fourth-order valence-electron chi connectivity index (χ4n) is 3.96. The number of rotatable bonds is 9. The predicted octanol–water partition coefficient (Wildman–Crippen LogP) is 4.20. The highest BCUT2D eigenvalue weighted by Crippen LogP contribution is 2.26. The molecule has 0 radical (unpaired) electrons. The summed E-state index contributed by atoms with van der Waals surface area (Å²) in [5.41, 5.74) is 1.78. The van der Waals surface area contributed by atoms with Crippen molar-refractivity contribution in [2.24, 2.45) is 5.92 Å². The molecule has 1 fully saturated rings. The molecule has 2 N–H and O–H groups in total. The molecule has 2 aromatic rings. The van der Waals surface area contributed by atoms with Crippen LogP contribution < -0.4 is 10.2 Å². The van der Waals surface area contributed by atoms with E-state index >= 15 is 0 Å². The second-order valence-corrected chi connectivity index (χ2v) is 7.82. The minimum atomic E-state index is -0.243. The van der Waals surface area contributed by atoms with E-state index in [1.807, 2.05) is 36.4 Å². The largest absolute Gasteiger partial charge is 0.311 e. The molecule has 0 aliphatic heterocycles. The van der Waals surface area contributed by atoms with E-state index < -0.39 is 0 Å². The van der Waals surface area contributed by atoms with E-state index in [0.29, 0.717) is 18.3 Å². The average molecular weight is 408 g/mol. The van der Waals surface area contributed by atoms with Gasteiger partial charge in [-0.15, -0.1) is 0 Å². The lowest BCUT2D eigenvalue weighted by molar-refractivity contribution is -0.122. The van der Waals surface area contributed by atoms with Gasteiger partial charge in [-0.25, -0.2) is 0 Å². The number of H-pyrrole nitrogens is 1. The maximum absolute atomic E-state index is 12.6. The molecular formula is C23H29N5O2. The number of carbonyl (C=O) groups is 2. The Kier molecular flexibility index (Phi) is 8.02. The summed E-state index contributed by atoms with van der Waals surface area (Å²) in [6.45, 7) is 0.310. The summed E-state index contributed by atoms with van der Waals surface area (Å²) >= 11 is 0. The van der Waals surface area contributed by atoms with Crippen LogP contribution in [0, 0.1) is 17.2 Å². The molecular weight excluding hydrogens is 378 g/mol. The monoisotopic (exact) mass is 407 g/mol. The fourth-order valence-corrected chi connectivity index (χ4v) is 3.96. The zero-order chi connectivity index (χ0) is 21.2. The summed E-state index contributed by atoms with van der Waals surface area (Å²) in [4.78, 5) is 26.5. The molecule has 0 bridgehead atoms. The lowest BCUT2D eigenvalue weighted by atomic mass is 9.86. The Balaban J connectivity index is 1.48. The van der Waals surface area contributed by atoms with E-state index in [4.69, 9.17) is 5.26 Å².